The fraction of sp³-hybridized carbons (Fsp3) is 0.429. The van der Waals surface area contributed by atoms with Crippen LogP contribution in [0.4, 0.5) is 14.7 Å². The Labute approximate surface area is 176 Å². The summed E-state index contributed by atoms with van der Waals surface area (Å²) in [6, 6.07) is 6.73. The Hall–Kier alpha value is -3.14. The molecule has 2 atom stereocenters. The van der Waals surface area contributed by atoms with E-state index in [4.69, 9.17) is 4.74 Å². The maximum Gasteiger partial charge on any atom is 0.257 e. The maximum absolute atomic E-state index is 13.8. The summed E-state index contributed by atoms with van der Waals surface area (Å²) in [6.07, 6.45) is 3.61. The molecule has 3 aliphatic rings. The zero-order chi connectivity index (χ0) is 21.2. The molecule has 3 saturated heterocycles. The molecule has 2 aromatic heterocycles. The van der Waals surface area contributed by atoms with E-state index >= 15 is 0 Å². The number of halogens is 2. The van der Waals surface area contributed by atoms with Crippen molar-refractivity contribution in [2.45, 2.75) is 43.6 Å². The van der Waals surface area contributed by atoms with Gasteiger partial charge in [-0.1, -0.05) is 0 Å². The molecule has 6 rings (SSSR count). The molecule has 0 aliphatic carbocycles. The molecule has 160 valence electrons. The van der Waals surface area contributed by atoms with Crippen LogP contribution < -0.4 is 4.90 Å². The number of aromatic nitrogens is 4. The van der Waals surface area contributed by atoms with Crippen LogP contribution in [0.25, 0.3) is 5.65 Å². The monoisotopic (exact) mass is 426 g/mol. The van der Waals surface area contributed by atoms with Crippen LogP contribution >= 0.6 is 0 Å². The van der Waals surface area contributed by atoms with Crippen LogP contribution in [0, 0.1) is 11.6 Å². The molecule has 3 aliphatic heterocycles. The van der Waals surface area contributed by atoms with E-state index in [0.29, 0.717) is 55.9 Å². The number of rotatable bonds is 2. The lowest BCUT2D eigenvalue weighted by molar-refractivity contribution is -0.140. The van der Waals surface area contributed by atoms with Gasteiger partial charge in [-0.15, -0.1) is 10.2 Å². The molecule has 10 heteroatoms. The van der Waals surface area contributed by atoms with Crippen LogP contribution in [0.2, 0.25) is 0 Å². The number of ether oxygens (including phenoxy) is 1. The lowest BCUT2D eigenvalue weighted by atomic mass is 9.89. The van der Waals surface area contributed by atoms with Crippen LogP contribution in [0.3, 0.4) is 0 Å². The number of carbonyl (C=O) groups excluding carboxylic acids is 1. The molecule has 3 aromatic rings. The molecule has 3 fully saturated rings. The molecule has 2 unspecified atom stereocenters. The van der Waals surface area contributed by atoms with Crippen molar-refractivity contribution in [1.82, 2.24) is 24.7 Å². The first-order valence-corrected chi connectivity index (χ1v) is 10.4. The minimum absolute atomic E-state index is 0.0893. The summed E-state index contributed by atoms with van der Waals surface area (Å²) < 4.78 is 35.5. The van der Waals surface area contributed by atoms with E-state index in [0.717, 1.165) is 6.07 Å². The molecule has 1 aromatic carbocycles. The summed E-state index contributed by atoms with van der Waals surface area (Å²) >= 11 is 0. The van der Waals surface area contributed by atoms with Gasteiger partial charge in [0.15, 0.2) is 11.2 Å². The van der Waals surface area contributed by atoms with Crippen LogP contribution in [0.1, 0.15) is 37.3 Å². The van der Waals surface area contributed by atoms with E-state index < -0.39 is 17.2 Å². The van der Waals surface area contributed by atoms with Gasteiger partial charge in [0.1, 0.15) is 17.9 Å². The SMILES string of the molecule is O=C1N2C(CCC2c2cc(F)cc(F)c2)OC12CCN(c1nnc3cccnn13)CC2. The third-order valence-electron chi connectivity index (χ3n) is 6.60. The van der Waals surface area contributed by atoms with Crippen molar-refractivity contribution in [1.29, 1.82) is 0 Å². The van der Waals surface area contributed by atoms with Crippen molar-refractivity contribution in [3.63, 3.8) is 0 Å². The topological polar surface area (TPSA) is 75.9 Å². The number of fused-ring (bicyclic) bond motifs is 2. The average Bonchev–Trinajstić information content (AvgIpc) is 3.43. The molecule has 0 bridgehead atoms. The van der Waals surface area contributed by atoms with Crippen molar-refractivity contribution in [3.05, 3.63) is 53.7 Å². The van der Waals surface area contributed by atoms with Gasteiger partial charge in [0.05, 0.1) is 6.04 Å². The molecular weight excluding hydrogens is 406 g/mol. The van der Waals surface area contributed by atoms with E-state index in [2.05, 4.69) is 20.2 Å². The number of carbonyl (C=O) groups is 1. The third-order valence-corrected chi connectivity index (χ3v) is 6.60. The van der Waals surface area contributed by atoms with Crippen LogP contribution in [-0.4, -0.2) is 55.5 Å². The lowest BCUT2D eigenvalue weighted by Crippen LogP contribution is -2.50. The van der Waals surface area contributed by atoms with Crippen LogP contribution in [0.15, 0.2) is 36.5 Å². The quantitative estimate of drug-likeness (QED) is 0.627. The highest BCUT2D eigenvalue weighted by Gasteiger charge is 2.58. The summed E-state index contributed by atoms with van der Waals surface area (Å²) in [5, 5.41) is 12.7. The van der Waals surface area contributed by atoms with E-state index in [9.17, 15) is 13.6 Å². The van der Waals surface area contributed by atoms with E-state index in [1.165, 1.54) is 12.1 Å². The van der Waals surface area contributed by atoms with Crippen molar-refractivity contribution >= 4 is 17.5 Å². The second kappa shape index (κ2) is 6.68. The second-order valence-corrected chi connectivity index (χ2v) is 8.36. The minimum Gasteiger partial charge on any atom is -0.342 e. The summed E-state index contributed by atoms with van der Waals surface area (Å²) in [4.78, 5) is 17.2. The Morgan fingerprint density at radius 2 is 1.84 bits per heavy atom. The van der Waals surface area contributed by atoms with Gasteiger partial charge in [-0.25, -0.2) is 8.78 Å². The van der Waals surface area contributed by atoms with Crippen LogP contribution in [-0.2, 0) is 9.53 Å². The van der Waals surface area contributed by atoms with Gasteiger partial charge in [0.2, 0.25) is 5.95 Å². The molecular formula is C21H20F2N6O2. The predicted octanol–water partition coefficient (Wildman–Crippen LogP) is 2.46. The molecule has 0 saturated carbocycles. The number of nitrogens with zero attached hydrogens (tertiary/aromatic N) is 6. The molecule has 1 amide bonds. The summed E-state index contributed by atoms with van der Waals surface area (Å²) in [7, 11) is 0. The van der Waals surface area contributed by atoms with Crippen LogP contribution in [0.5, 0.6) is 0 Å². The van der Waals surface area contributed by atoms with Gasteiger partial charge in [-0.3, -0.25) is 4.79 Å². The first kappa shape index (κ1) is 18.6. The number of benzene rings is 1. The molecule has 0 N–H and O–H groups in total. The van der Waals surface area contributed by atoms with E-state index in [1.807, 2.05) is 6.07 Å². The first-order chi connectivity index (χ1) is 15.0. The lowest BCUT2D eigenvalue weighted by Gasteiger charge is -2.37. The first-order valence-electron chi connectivity index (χ1n) is 10.4. The fourth-order valence-electron chi connectivity index (χ4n) is 5.14. The van der Waals surface area contributed by atoms with E-state index in [-0.39, 0.29) is 18.2 Å². The van der Waals surface area contributed by atoms with Crippen molar-refractivity contribution in [2.75, 3.05) is 18.0 Å². The minimum atomic E-state index is -0.903. The molecule has 31 heavy (non-hydrogen) atoms. The largest absolute Gasteiger partial charge is 0.342 e. The Bertz CT molecular complexity index is 1160. The van der Waals surface area contributed by atoms with Crippen molar-refractivity contribution in [2.24, 2.45) is 0 Å². The van der Waals surface area contributed by atoms with Gasteiger partial charge in [0, 0.05) is 38.2 Å². The van der Waals surface area contributed by atoms with Gasteiger partial charge in [-0.2, -0.15) is 9.61 Å². The fourth-order valence-corrected chi connectivity index (χ4v) is 5.14. The number of anilines is 1. The summed E-state index contributed by atoms with van der Waals surface area (Å²) in [5.41, 5.74) is 0.240. The zero-order valence-corrected chi connectivity index (χ0v) is 16.6. The van der Waals surface area contributed by atoms with Gasteiger partial charge < -0.3 is 14.5 Å². The van der Waals surface area contributed by atoms with Crippen molar-refractivity contribution < 1.29 is 18.3 Å². The van der Waals surface area contributed by atoms with Gasteiger partial charge in [0.25, 0.3) is 5.91 Å². The maximum atomic E-state index is 13.8. The standard InChI is InChI=1S/C21H20F2N6O2/c22-14-10-13(11-15(23)12-14)16-3-4-18-28(16)19(30)21(31-18)5-8-27(9-6-21)20-26-25-17-2-1-7-24-29(17)20/h1-2,7,10-12,16,18H,3-6,8-9H2. The average molecular weight is 426 g/mol. The summed E-state index contributed by atoms with van der Waals surface area (Å²) in [6.45, 7) is 1.14. The Balaban J connectivity index is 1.23. The predicted molar refractivity (Wildman–Crippen MR) is 105 cm³/mol. The molecule has 8 nitrogen and oxygen atoms in total. The molecule has 0 radical (unpaired) electrons. The molecule has 5 heterocycles. The third kappa shape index (κ3) is 2.81. The highest BCUT2D eigenvalue weighted by atomic mass is 19.1. The van der Waals surface area contributed by atoms with E-state index in [1.54, 1.807) is 21.7 Å². The smallest absolute Gasteiger partial charge is 0.257 e. The summed E-state index contributed by atoms with van der Waals surface area (Å²) in [5.74, 6) is -0.718. The number of amides is 1. The normalized spacial score (nSPS) is 25.0. The number of hydrogen-bond acceptors (Lipinski definition) is 6. The Kier molecular flexibility index (Phi) is 4.01. The highest BCUT2D eigenvalue weighted by molar-refractivity contribution is 5.88. The highest BCUT2D eigenvalue weighted by Crippen LogP contribution is 2.48. The number of piperidine rings is 1. The Morgan fingerprint density at radius 1 is 1.06 bits per heavy atom. The number of hydrogen-bond donors (Lipinski definition) is 0. The van der Waals surface area contributed by atoms with Crippen molar-refractivity contribution in [3.8, 4) is 0 Å². The van der Waals surface area contributed by atoms with Gasteiger partial charge >= 0.3 is 0 Å². The molecule has 1 spiro atoms. The van der Waals surface area contributed by atoms with Gasteiger partial charge in [-0.05, 0) is 42.7 Å². The zero-order valence-electron chi connectivity index (χ0n) is 16.6. The second-order valence-electron chi connectivity index (χ2n) is 8.36. The Morgan fingerprint density at radius 3 is 2.61 bits per heavy atom.